The van der Waals surface area contributed by atoms with Gasteiger partial charge in [-0.3, -0.25) is 4.79 Å². The van der Waals surface area contributed by atoms with Crippen LogP contribution >= 0.6 is 0 Å². The maximum atomic E-state index is 13.0. The highest BCUT2D eigenvalue weighted by Crippen LogP contribution is 2.38. The van der Waals surface area contributed by atoms with Crippen molar-refractivity contribution in [3.63, 3.8) is 0 Å². The highest BCUT2D eigenvalue weighted by atomic mass is 16.5. The first kappa shape index (κ1) is 17.9. The van der Waals surface area contributed by atoms with E-state index in [1.807, 2.05) is 30.5 Å². The van der Waals surface area contributed by atoms with Crippen LogP contribution in [0.3, 0.4) is 0 Å². The summed E-state index contributed by atoms with van der Waals surface area (Å²) in [7, 11) is 4.54. The number of nitrogens with zero attached hydrogens (tertiary/aromatic N) is 1. The predicted molar refractivity (Wildman–Crippen MR) is 105 cm³/mol. The molecule has 2 heterocycles. The van der Waals surface area contributed by atoms with Crippen molar-refractivity contribution in [2.45, 2.75) is 6.04 Å². The van der Waals surface area contributed by atoms with Crippen molar-refractivity contribution < 1.29 is 23.7 Å². The molecular formula is C21H20N2O5. The van der Waals surface area contributed by atoms with E-state index in [1.165, 1.54) is 21.3 Å². The Morgan fingerprint density at radius 1 is 1.11 bits per heavy atom. The quantitative estimate of drug-likeness (QED) is 0.664. The number of carbonyl (C=O) groups excluding carboxylic acids is 1. The van der Waals surface area contributed by atoms with Gasteiger partial charge in [-0.1, -0.05) is 12.1 Å². The highest BCUT2D eigenvalue weighted by molar-refractivity contribution is 6.09. The Balaban J connectivity index is 1.67. The zero-order valence-electron chi connectivity index (χ0n) is 15.8. The Kier molecular flexibility index (Phi) is 4.65. The Hall–Kier alpha value is -3.48. The van der Waals surface area contributed by atoms with Crippen molar-refractivity contribution in [2.75, 3.05) is 27.9 Å². The second-order valence-electron chi connectivity index (χ2n) is 6.29. The lowest BCUT2D eigenvalue weighted by Crippen LogP contribution is -2.20. The summed E-state index contributed by atoms with van der Waals surface area (Å²) in [6.45, 7) is 0.182. The molecule has 2 aromatic carbocycles. The van der Waals surface area contributed by atoms with Crippen LogP contribution in [-0.2, 0) is 4.74 Å². The molecule has 0 saturated carbocycles. The number of hydrogen-bond acceptors (Lipinski definition) is 6. The van der Waals surface area contributed by atoms with Gasteiger partial charge in [-0.05, 0) is 24.3 Å². The first-order chi connectivity index (χ1) is 13.7. The van der Waals surface area contributed by atoms with Crippen LogP contribution in [-0.4, -0.2) is 50.6 Å². The maximum absolute atomic E-state index is 13.0. The third-order valence-corrected chi connectivity index (χ3v) is 4.72. The number of para-hydroxylation sites is 1. The lowest BCUT2D eigenvalue weighted by Gasteiger charge is -2.14. The largest absolute Gasteiger partial charge is 0.493 e. The number of ketones is 1. The van der Waals surface area contributed by atoms with Crippen LogP contribution in [0.25, 0.3) is 10.9 Å². The minimum atomic E-state index is -0.636. The average molecular weight is 380 g/mol. The van der Waals surface area contributed by atoms with Crippen molar-refractivity contribution in [3.05, 3.63) is 53.7 Å². The van der Waals surface area contributed by atoms with E-state index >= 15 is 0 Å². The Morgan fingerprint density at radius 2 is 1.86 bits per heavy atom. The number of fused-ring (bicyclic) bond motifs is 1. The Bertz CT molecular complexity index is 1040. The van der Waals surface area contributed by atoms with Gasteiger partial charge in [-0.2, -0.15) is 0 Å². The van der Waals surface area contributed by atoms with E-state index in [9.17, 15) is 4.79 Å². The van der Waals surface area contributed by atoms with Crippen LogP contribution in [0.5, 0.6) is 17.2 Å². The second-order valence-corrected chi connectivity index (χ2v) is 6.29. The Labute approximate surface area is 161 Å². The first-order valence-corrected chi connectivity index (χ1v) is 8.77. The predicted octanol–water partition coefficient (Wildman–Crippen LogP) is 3.22. The van der Waals surface area contributed by atoms with E-state index in [0.717, 1.165) is 16.5 Å². The van der Waals surface area contributed by atoms with Gasteiger partial charge in [0.1, 0.15) is 6.61 Å². The molecule has 0 fully saturated rings. The minimum Gasteiger partial charge on any atom is -0.493 e. The molecule has 0 saturated heterocycles. The van der Waals surface area contributed by atoms with Crippen LogP contribution in [0.15, 0.2) is 47.6 Å². The van der Waals surface area contributed by atoms with E-state index in [1.54, 1.807) is 12.1 Å². The summed E-state index contributed by atoms with van der Waals surface area (Å²) in [5.41, 5.74) is 2.19. The molecule has 0 radical (unpaired) electrons. The monoisotopic (exact) mass is 380 g/mol. The van der Waals surface area contributed by atoms with Crippen molar-refractivity contribution in [3.8, 4) is 17.2 Å². The number of aliphatic imine (C=N–C) groups is 1. The van der Waals surface area contributed by atoms with Crippen LogP contribution in [0.1, 0.15) is 15.9 Å². The van der Waals surface area contributed by atoms with Crippen LogP contribution < -0.4 is 14.2 Å². The van der Waals surface area contributed by atoms with Crippen molar-refractivity contribution in [2.24, 2.45) is 4.99 Å². The normalized spacial score (nSPS) is 15.8. The molecule has 0 aliphatic carbocycles. The number of nitrogens with one attached hydrogen (secondary N) is 1. The summed E-state index contributed by atoms with van der Waals surface area (Å²) in [4.78, 5) is 20.7. The third-order valence-electron chi connectivity index (χ3n) is 4.72. The van der Waals surface area contributed by atoms with E-state index in [0.29, 0.717) is 28.7 Å². The summed E-state index contributed by atoms with van der Waals surface area (Å²) >= 11 is 0. The molecule has 1 unspecified atom stereocenters. The molecule has 4 rings (SSSR count). The lowest BCUT2D eigenvalue weighted by molar-refractivity contribution is 0.0947. The fourth-order valence-electron chi connectivity index (χ4n) is 3.33. The third kappa shape index (κ3) is 2.94. The SMILES string of the molecule is COc1cc(C(=O)C2COC(c3cccc4cc[nH]c34)=N2)cc(OC)c1OC. The standard InChI is InChI=1S/C21H20N2O5/c1-25-16-9-13(10-17(26-2)20(16)27-3)19(24)15-11-28-21(23-15)14-6-4-5-12-7-8-22-18(12)14/h4-10,15,22H,11H2,1-3H3. The molecule has 1 atom stereocenters. The number of benzene rings is 2. The molecule has 144 valence electrons. The second kappa shape index (κ2) is 7.26. The zero-order valence-corrected chi connectivity index (χ0v) is 15.8. The molecule has 7 nitrogen and oxygen atoms in total. The summed E-state index contributed by atoms with van der Waals surface area (Å²) in [6, 6.07) is 10.5. The molecule has 1 N–H and O–H groups in total. The molecule has 1 aliphatic rings. The lowest BCUT2D eigenvalue weighted by atomic mass is 10.0. The fourth-order valence-corrected chi connectivity index (χ4v) is 3.33. The van der Waals surface area contributed by atoms with Gasteiger partial charge in [0, 0.05) is 17.1 Å². The first-order valence-electron chi connectivity index (χ1n) is 8.77. The van der Waals surface area contributed by atoms with Gasteiger partial charge in [-0.25, -0.2) is 4.99 Å². The number of Topliss-reactive ketones (excluding diaryl/α,β-unsaturated/α-hetero) is 1. The van der Waals surface area contributed by atoms with Crippen LogP contribution in [0.2, 0.25) is 0 Å². The molecule has 28 heavy (non-hydrogen) atoms. The van der Waals surface area contributed by atoms with E-state index in [2.05, 4.69) is 9.98 Å². The smallest absolute Gasteiger partial charge is 0.219 e. The van der Waals surface area contributed by atoms with Gasteiger partial charge < -0.3 is 23.9 Å². The van der Waals surface area contributed by atoms with Gasteiger partial charge in [0.15, 0.2) is 23.3 Å². The van der Waals surface area contributed by atoms with Crippen LogP contribution in [0, 0.1) is 0 Å². The summed E-state index contributed by atoms with van der Waals surface area (Å²) in [5, 5.41) is 1.06. The number of methoxy groups -OCH3 is 3. The van der Waals surface area contributed by atoms with Crippen LogP contribution in [0.4, 0.5) is 0 Å². The molecule has 0 bridgehead atoms. The number of aromatic amines is 1. The van der Waals surface area contributed by atoms with E-state index < -0.39 is 6.04 Å². The number of rotatable bonds is 6. The van der Waals surface area contributed by atoms with Crippen molar-refractivity contribution in [1.29, 1.82) is 0 Å². The van der Waals surface area contributed by atoms with Gasteiger partial charge in [0.05, 0.1) is 32.4 Å². The molecule has 7 heteroatoms. The number of H-pyrrole nitrogens is 1. The zero-order chi connectivity index (χ0) is 19.7. The molecule has 0 amide bonds. The minimum absolute atomic E-state index is 0.173. The fraction of sp³-hybridized carbons (Fsp3) is 0.238. The molecule has 1 aliphatic heterocycles. The summed E-state index contributed by atoms with van der Waals surface area (Å²) < 4.78 is 21.7. The summed E-state index contributed by atoms with van der Waals surface area (Å²) in [5.74, 6) is 1.56. The van der Waals surface area contributed by atoms with E-state index in [-0.39, 0.29) is 12.4 Å². The summed E-state index contributed by atoms with van der Waals surface area (Å²) in [6.07, 6.45) is 1.86. The Morgan fingerprint density at radius 3 is 2.54 bits per heavy atom. The molecule has 3 aromatic rings. The van der Waals surface area contributed by atoms with Gasteiger partial charge >= 0.3 is 0 Å². The van der Waals surface area contributed by atoms with Gasteiger partial charge in [-0.15, -0.1) is 0 Å². The molecule has 1 aromatic heterocycles. The topological polar surface area (TPSA) is 82.1 Å². The average Bonchev–Trinajstić information content (AvgIpc) is 3.41. The maximum Gasteiger partial charge on any atom is 0.219 e. The highest BCUT2D eigenvalue weighted by Gasteiger charge is 2.30. The van der Waals surface area contributed by atoms with Gasteiger partial charge in [0.25, 0.3) is 0 Å². The number of ether oxygens (including phenoxy) is 4. The number of carbonyl (C=O) groups is 1. The molecular weight excluding hydrogens is 360 g/mol. The van der Waals surface area contributed by atoms with Crippen molar-refractivity contribution >= 4 is 22.6 Å². The number of hydrogen-bond donors (Lipinski definition) is 1. The van der Waals surface area contributed by atoms with E-state index in [4.69, 9.17) is 18.9 Å². The van der Waals surface area contributed by atoms with Crippen molar-refractivity contribution in [1.82, 2.24) is 4.98 Å². The molecule has 0 spiro atoms. The van der Waals surface area contributed by atoms with Gasteiger partial charge in [0.2, 0.25) is 11.6 Å². The number of aromatic nitrogens is 1.